The fourth-order valence-electron chi connectivity index (χ4n) is 6.00. The number of carbonyl (C=O) groups excluding carboxylic acids is 1. The topological polar surface area (TPSA) is 50.8 Å². The van der Waals surface area contributed by atoms with Gasteiger partial charge in [-0.3, -0.25) is 0 Å². The summed E-state index contributed by atoms with van der Waals surface area (Å²) in [5.41, 5.74) is 7.23. The van der Waals surface area contributed by atoms with Crippen molar-refractivity contribution in [2.45, 2.75) is 44.0 Å². The lowest BCUT2D eigenvalue weighted by Crippen LogP contribution is -2.44. The molecule has 2 aliphatic heterocycles. The number of anilines is 1. The molecule has 0 bridgehead atoms. The number of hydrogen-bond acceptors (Lipinski definition) is 4. The van der Waals surface area contributed by atoms with Crippen molar-refractivity contribution in [3.63, 3.8) is 0 Å². The minimum Gasteiger partial charge on any atom is -0.497 e. The summed E-state index contributed by atoms with van der Waals surface area (Å²) in [6.07, 6.45) is 2.39. The zero-order valence-corrected chi connectivity index (χ0v) is 21.5. The van der Waals surface area contributed by atoms with Gasteiger partial charge in [0.1, 0.15) is 12.4 Å². The third-order valence-corrected chi connectivity index (χ3v) is 7.79. The van der Waals surface area contributed by atoms with Gasteiger partial charge >= 0.3 is 6.09 Å². The Kier molecular flexibility index (Phi) is 6.74. The highest BCUT2D eigenvalue weighted by Gasteiger charge is 2.41. The van der Waals surface area contributed by atoms with Gasteiger partial charge in [-0.1, -0.05) is 91.0 Å². The monoisotopic (exact) mass is 504 g/mol. The van der Waals surface area contributed by atoms with Crippen LogP contribution in [0.2, 0.25) is 0 Å². The molecule has 5 nitrogen and oxygen atoms in total. The summed E-state index contributed by atoms with van der Waals surface area (Å²) in [5, 5.41) is 3.21. The minimum absolute atomic E-state index is 0.0829. The SMILES string of the molecule is COc1ccc([C@@H]2C[C@H](NC(=O)OCc3ccccc3)c3cccc4c3N2[C@H](c2ccccc2)CC4)cc1. The van der Waals surface area contributed by atoms with Crippen LogP contribution in [0.3, 0.4) is 0 Å². The van der Waals surface area contributed by atoms with Gasteiger partial charge in [0, 0.05) is 5.69 Å². The Hall–Kier alpha value is -4.25. The molecule has 4 aromatic rings. The van der Waals surface area contributed by atoms with Crippen LogP contribution < -0.4 is 15.0 Å². The molecule has 0 aromatic heterocycles. The van der Waals surface area contributed by atoms with Gasteiger partial charge in [0.15, 0.2) is 0 Å². The van der Waals surface area contributed by atoms with E-state index in [1.54, 1.807) is 7.11 Å². The number of nitrogens with zero attached hydrogens (tertiary/aromatic N) is 1. The van der Waals surface area contributed by atoms with Crippen LogP contribution in [-0.4, -0.2) is 13.2 Å². The number of benzene rings is 4. The van der Waals surface area contributed by atoms with Crippen molar-refractivity contribution in [1.82, 2.24) is 5.32 Å². The summed E-state index contributed by atoms with van der Waals surface area (Å²) in [6, 6.07) is 35.6. The van der Waals surface area contributed by atoms with Gasteiger partial charge in [-0.2, -0.15) is 0 Å². The highest BCUT2D eigenvalue weighted by Crippen LogP contribution is 2.53. The van der Waals surface area contributed by atoms with Crippen molar-refractivity contribution in [1.29, 1.82) is 0 Å². The maximum Gasteiger partial charge on any atom is 0.407 e. The van der Waals surface area contributed by atoms with Gasteiger partial charge < -0.3 is 19.7 Å². The molecule has 0 saturated carbocycles. The normalized spacial score (nSPS) is 19.8. The Morgan fingerprint density at radius 2 is 1.55 bits per heavy atom. The second kappa shape index (κ2) is 10.6. The predicted molar refractivity (Wildman–Crippen MR) is 149 cm³/mol. The first-order valence-electron chi connectivity index (χ1n) is 13.3. The fraction of sp³-hybridized carbons (Fsp3) is 0.242. The van der Waals surface area contributed by atoms with E-state index in [-0.39, 0.29) is 24.7 Å². The molecule has 5 heteroatoms. The van der Waals surface area contributed by atoms with Gasteiger partial charge in [0.05, 0.1) is 25.2 Å². The predicted octanol–water partition coefficient (Wildman–Crippen LogP) is 7.30. The summed E-state index contributed by atoms with van der Waals surface area (Å²) in [7, 11) is 1.69. The molecule has 0 aliphatic carbocycles. The van der Waals surface area contributed by atoms with Crippen LogP contribution in [0, 0.1) is 0 Å². The molecule has 2 aliphatic rings. The average molecular weight is 505 g/mol. The second-order valence-corrected chi connectivity index (χ2v) is 10.0. The van der Waals surface area contributed by atoms with Crippen molar-refractivity contribution >= 4 is 11.8 Å². The molecule has 6 rings (SSSR count). The number of carbonyl (C=O) groups is 1. The third-order valence-electron chi connectivity index (χ3n) is 7.79. The Bertz CT molecular complexity index is 1390. The molecule has 1 amide bonds. The lowest BCUT2D eigenvalue weighted by Gasteiger charge is -2.50. The summed E-state index contributed by atoms with van der Waals surface area (Å²) >= 11 is 0. The minimum atomic E-state index is -0.395. The highest BCUT2D eigenvalue weighted by molar-refractivity contribution is 5.72. The zero-order valence-electron chi connectivity index (χ0n) is 21.5. The van der Waals surface area contributed by atoms with Crippen molar-refractivity contribution in [3.8, 4) is 5.75 Å². The average Bonchev–Trinajstić information content (AvgIpc) is 2.98. The maximum atomic E-state index is 13.0. The first-order valence-corrected chi connectivity index (χ1v) is 13.3. The van der Waals surface area contributed by atoms with E-state index >= 15 is 0 Å². The number of para-hydroxylation sites is 1. The van der Waals surface area contributed by atoms with Crippen LogP contribution in [-0.2, 0) is 17.8 Å². The number of nitrogens with one attached hydrogen (secondary N) is 1. The number of alkyl carbamates (subject to hydrolysis) is 1. The quantitative estimate of drug-likeness (QED) is 0.299. The highest BCUT2D eigenvalue weighted by atomic mass is 16.5. The number of hydrogen-bond donors (Lipinski definition) is 1. The molecule has 0 saturated heterocycles. The molecule has 0 radical (unpaired) electrons. The van der Waals surface area contributed by atoms with Crippen LogP contribution in [0.1, 0.15) is 58.8 Å². The summed E-state index contributed by atoms with van der Waals surface area (Å²) in [4.78, 5) is 15.6. The standard InChI is InChI=1S/C33H32N2O3/c1-37-27-18-15-25(16-19-27)31-21-29(34-33(36)38-22-23-9-4-2-5-10-23)28-14-8-13-26-17-20-30(35(31)32(26)28)24-11-6-3-7-12-24/h2-16,18-19,29-31H,17,20-22H2,1H3,(H,34,36)/t29-,30-,31-/m0/s1. The molecule has 1 N–H and O–H groups in total. The van der Waals surface area contributed by atoms with Gasteiger partial charge in [-0.25, -0.2) is 4.79 Å². The first-order chi connectivity index (χ1) is 18.7. The van der Waals surface area contributed by atoms with Crippen molar-refractivity contribution < 1.29 is 14.3 Å². The number of ether oxygens (including phenoxy) is 2. The third kappa shape index (κ3) is 4.72. The van der Waals surface area contributed by atoms with E-state index in [0.29, 0.717) is 0 Å². The van der Waals surface area contributed by atoms with Gasteiger partial charge in [-0.15, -0.1) is 0 Å². The van der Waals surface area contributed by atoms with E-state index in [1.165, 1.54) is 22.4 Å². The molecular weight excluding hydrogens is 472 g/mol. The van der Waals surface area contributed by atoms with E-state index < -0.39 is 6.09 Å². The summed E-state index contributed by atoms with van der Waals surface area (Å²) in [5.74, 6) is 0.836. The van der Waals surface area contributed by atoms with Crippen LogP contribution in [0.4, 0.5) is 10.5 Å². The van der Waals surface area contributed by atoms with Gasteiger partial charge in [0.2, 0.25) is 0 Å². The van der Waals surface area contributed by atoms with Crippen molar-refractivity contribution in [2.75, 3.05) is 12.0 Å². The number of amides is 1. The van der Waals surface area contributed by atoms with Crippen molar-refractivity contribution in [2.24, 2.45) is 0 Å². The molecule has 4 aromatic carbocycles. The van der Waals surface area contributed by atoms with Crippen LogP contribution in [0.5, 0.6) is 5.75 Å². The zero-order chi connectivity index (χ0) is 25.9. The number of rotatable bonds is 6. The van der Waals surface area contributed by atoms with Crippen LogP contribution >= 0.6 is 0 Å². The van der Waals surface area contributed by atoms with E-state index in [0.717, 1.165) is 36.1 Å². The van der Waals surface area contributed by atoms with E-state index in [1.807, 2.05) is 42.5 Å². The molecule has 2 heterocycles. The Morgan fingerprint density at radius 1 is 0.842 bits per heavy atom. The van der Waals surface area contributed by atoms with Crippen LogP contribution in [0.15, 0.2) is 103 Å². The fourth-order valence-corrected chi connectivity index (χ4v) is 6.00. The van der Waals surface area contributed by atoms with Crippen molar-refractivity contribution in [3.05, 3.63) is 131 Å². The summed E-state index contributed by atoms with van der Waals surface area (Å²) < 4.78 is 11.1. The lowest BCUT2D eigenvalue weighted by molar-refractivity contribution is 0.134. The molecular formula is C33H32N2O3. The molecule has 0 spiro atoms. The smallest absolute Gasteiger partial charge is 0.407 e. The second-order valence-electron chi connectivity index (χ2n) is 10.0. The molecule has 38 heavy (non-hydrogen) atoms. The van der Waals surface area contributed by atoms with Gasteiger partial charge in [-0.05, 0) is 59.2 Å². The van der Waals surface area contributed by atoms with E-state index in [4.69, 9.17) is 9.47 Å². The number of methoxy groups -OCH3 is 1. The Morgan fingerprint density at radius 3 is 2.29 bits per heavy atom. The first kappa shape index (κ1) is 24.1. The summed E-state index contributed by atoms with van der Waals surface area (Å²) in [6.45, 7) is 0.246. The van der Waals surface area contributed by atoms with Gasteiger partial charge in [0.25, 0.3) is 0 Å². The maximum absolute atomic E-state index is 13.0. The lowest BCUT2D eigenvalue weighted by atomic mass is 9.79. The van der Waals surface area contributed by atoms with E-state index in [2.05, 4.69) is 70.9 Å². The Labute approximate surface area is 224 Å². The number of aryl methyl sites for hydroxylation is 1. The molecule has 3 atom stereocenters. The Balaban J connectivity index is 1.36. The molecule has 0 unspecified atom stereocenters. The van der Waals surface area contributed by atoms with E-state index in [9.17, 15) is 4.79 Å². The van der Waals surface area contributed by atoms with Crippen LogP contribution in [0.25, 0.3) is 0 Å². The largest absolute Gasteiger partial charge is 0.497 e. The molecule has 0 fully saturated rings. The molecule has 192 valence electrons.